The van der Waals surface area contributed by atoms with Gasteiger partial charge in [-0.15, -0.1) is 0 Å². The topological polar surface area (TPSA) is 3.24 Å². The molecule has 208 valence electrons. The number of benzene rings is 6. The molecule has 1 heteroatoms. The van der Waals surface area contributed by atoms with Gasteiger partial charge in [-0.3, -0.25) is 0 Å². The maximum absolute atomic E-state index is 2.44. The summed E-state index contributed by atoms with van der Waals surface area (Å²) in [6.45, 7) is 9.46. The van der Waals surface area contributed by atoms with Gasteiger partial charge in [-0.2, -0.15) is 0 Å². The Morgan fingerprint density at radius 2 is 0.907 bits per heavy atom. The van der Waals surface area contributed by atoms with Crippen molar-refractivity contribution >= 4 is 17.1 Å². The highest BCUT2D eigenvalue weighted by Gasteiger charge is 2.39. The fourth-order valence-corrected chi connectivity index (χ4v) is 7.74. The molecule has 0 amide bonds. The van der Waals surface area contributed by atoms with E-state index >= 15 is 0 Å². The van der Waals surface area contributed by atoms with E-state index < -0.39 is 0 Å². The normalized spacial score (nSPS) is 14.9. The lowest BCUT2D eigenvalue weighted by Crippen LogP contribution is -2.18. The molecule has 0 atom stereocenters. The van der Waals surface area contributed by atoms with Crippen molar-refractivity contribution < 1.29 is 0 Å². The first-order valence-electron chi connectivity index (χ1n) is 15.3. The zero-order valence-corrected chi connectivity index (χ0v) is 25.2. The van der Waals surface area contributed by atoms with Crippen LogP contribution in [0.4, 0.5) is 17.1 Å². The number of rotatable bonds is 4. The van der Waals surface area contributed by atoms with E-state index in [1.165, 1.54) is 67.0 Å². The fraction of sp³-hybridized carbons (Fsp3) is 0.143. The third-order valence-electron chi connectivity index (χ3n) is 9.82. The number of hydrogen-bond donors (Lipinski definition) is 0. The SMILES string of the molecule is CC1(C)c2ccccc2-c2ccc(N(c3ccccc3)c3cc(-c4ccccc4)c4c(c3)-c3ccccc3C4(C)C)cc21. The van der Waals surface area contributed by atoms with Crippen molar-refractivity contribution in [3.8, 4) is 33.4 Å². The molecule has 6 aromatic rings. The quantitative estimate of drug-likeness (QED) is 0.210. The van der Waals surface area contributed by atoms with E-state index in [1.54, 1.807) is 0 Å². The zero-order valence-electron chi connectivity index (χ0n) is 25.2. The number of hydrogen-bond acceptors (Lipinski definition) is 1. The lowest BCUT2D eigenvalue weighted by atomic mass is 9.78. The maximum atomic E-state index is 2.44. The molecular weight excluding hydrogens is 518 g/mol. The van der Waals surface area contributed by atoms with Gasteiger partial charge >= 0.3 is 0 Å². The number of nitrogens with zero attached hydrogens (tertiary/aromatic N) is 1. The van der Waals surface area contributed by atoms with Crippen molar-refractivity contribution in [3.63, 3.8) is 0 Å². The molecule has 2 aliphatic rings. The average Bonchev–Trinajstić information content (AvgIpc) is 3.41. The van der Waals surface area contributed by atoms with Crippen molar-refractivity contribution in [1.82, 2.24) is 0 Å². The van der Waals surface area contributed by atoms with Gasteiger partial charge in [-0.1, -0.05) is 131 Å². The molecule has 0 heterocycles. The highest BCUT2D eigenvalue weighted by molar-refractivity contribution is 5.94. The van der Waals surface area contributed by atoms with Crippen LogP contribution in [0.15, 0.2) is 140 Å². The first-order chi connectivity index (χ1) is 20.9. The minimum atomic E-state index is -0.101. The minimum absolute atomic E-state index is 0.0691. The fourth-order valence-electron chi connectivity index (χ4n) is 7.74. The Bertz CT molecular complexity index is 2010. The number of fused-ring (bicyclic) bond motifs is 6. The van der Waals surface area contributed by atoms with Gasteiger partial charge in [-0.25, -0.2) is 0 Å². The Morgan fingerprint density at radius 1 is 0.372 bits per heavy atom. The summed E-state index contributed by atoms with van der Waals surface area (Å²) in [5.41, 5.74) is 16.8. The highest BCUT2D eigenvalue weighted by Crippen LogP contribution is 2.55. The van der Waals surface area contributed by atoms with Crippen molar-refractivity contribution in [3.05, 3.63) is 162 Å². The molecule has 0 saturated carbocycles. The van der Waals surface area contributed by atoms with Gasteiger partial charge in [0.2, 0.25) is 0 Å². The minimum Gasteiger partial charge on any atom is -0.310 e. The van der Waals surface area contributed by atoms with Crippen LogP contribution in [0.25, 0.3) is 33.4 Å². The summed E-state index contributed by atoms with van der Waals surface area (Å²) in [5, 5.41) is 0. The first-order valence-corrected chi connectivity index (χ1v) is 15.3. The highest BCUT2D eigenvalue weighted by atomic mass is 15.1. The van der Waals surface area contributed by atoms with Crippen molar-refractivity contribution in [1.29, 1.82) is 0 Å². The monoisotopic (exact) mass is 553 g/mol. The van der Waals surface area contributed by atoms with Gasteiger partial charge in [-0.05, 0) is 92.0 Å². The molecule has 43 heavy (non-hydrogen) atoms. The Kier molecular flexibility index (Phi) is 5.59. The summed E-state index contributed by atoms with van der Waals surface area (Å²) in [5.74, 6) is 0. The molecular formula is C42H35N. The van der Waals surface area contributed by atoms with Crippen LogP contribution in [-0.2, 0) is 10.8 Å². The smallest absolute Gasteiger partial charge is 0.0474 e. The summed E-state index contributed by atoms with van der Waals surface area (Å²) >= 11 is 0. The number of anilines is 3. The van der Waals surface area contributed by atoms with Crippen LogP contribution in [0.3, 0.4) is 0 Å². The Balaban J connectivity index is 1.40. The third-order valence-corrected chi connectivity index (χ3v) is 9.82. The second-order valence-electron chi connectivity index (χ2n) is 13.0. The molecule has 0 N–H and O–H groups in total. The average molecular weight is 554 g/mol. The van der Waals surface area contributed by atoms with Crippen LogP contribution in [-0.4, -0.2) is 0 Å². The third kappa shape index (κ3) is 3.78. The predicted octanol–water partition coefficient (Wildman–Crippen LogP) is 11.4. The molecule has 0 saturated heterocycles. The van der Waals surface area contributed by atoms with Gasteiger partial charge < -0.3 is 4.90 Å². The van der Waals surface area contributed by atoms with E-state index in [-0.39, 0.29) is 10.8 Å². The van der Waals surface area contributed by atoms with E-state index in [0.29, 0.717) is 0 Å². The number of para-hydroxylation sites is 1. The van der Waals surface area contributed by atoms with Gasteiger partial charge in [0, 0.05) is 27.9 Å². The van der Waals surface area contributed by atoms with Crippen LogP contribution in [0.2, 0.25) is 0 Å². The van der Waals surface area contributed by atoms with E-state index in [4.69, 9.17) is 0 Å². The van der Waals surface area contributed by atoms with Gasteiger partial charge in [0.25, 0.3) is 0 Å². The second-order valence-corrected chi connectivity index (χ2v) is 13.0. The molecule has 0 fully saturated rings. The Morgan fingerprint density at radius 3 is 1.60 bits per heavy atom. The van der Waals surface area contributed by atoms with E-state index in [0.717, 1.165) is 5.69 Å². The molecule has 1 nitrogen and oxygen atoms in total. The molecule has 0 unspecified atom stereocenters. The van der Waals surface area contributed by atoms with Crippen LogP contribution in [0.1, 0.15) is 49.9 Å². The zero-order chi connectivity index (χ0) is 29.3. The molecule has 2 aliphatic carbocycles. The lowest BCUT2D eigenvalue weighted by molar-refractivity contribution is 0.660. The Labute approximate surface area is 255 Å². The van der Waals surface area contributed by atoms with Crippen LogP contribution < -0.4 is 4.90 Å². The van der Waals surface area contributed by atoms with Crippen LogP contribution >= 0.6 is 0 Å². The van der Waals surface area contributed by atoms with Gasteiger partial charge in [0.1, 0.15) is 0 Å². The summed E-state index contributed by atoms with van der Waals surface area (Å²) in [4.78, 5) is 2.44. The molecule has 0 aliphatic heterocycles. The van der Waals surface area contributed by atoms with Gasteiger partial charge in [0.05, 0.1) is 0 Å². The molecule has 0 aromatic heterocycles. The summed E-state index contributed by atoms with van der Waals surface area (Å²) < 4.78 is 0. The predicted molar refractivity (Wildman–Crippen MR) is 182 cm³/mol. The second kappa shape index (κ2) is 9.31. The summed E-state index contributed by atoms with van der Waals surface area (Å²) in [6, 6.07) is 51.5. The van der Waals surface area contributed by atoms with Crippen molar-refractivity contribution in [2.24, 2.45) is 0 Å². The standard InChI is InChI=1S/C42H35N/c1-41(2)37-21-13-11-19-32(37)34-24-23-30(27-39(34)41)43(29-17-9-6-10-18-29)31-25-35(28-15-7-5-8-16-28)40-36(26-31)33-20-12-14-22-38(33)42(40,3)4/h5-27H,1-4H3. The molecule has 8 rings (SSSR count). The first kappa shape index (κ1) is 25.8. The van der Waals surface area contributed by atoms with E-state index in [2.05, 4.69) is 172 Å². The largest absolute Gasteiger partial charge is 0.310 e. The Hall–Kier alpha value is -4.88. The van der Waals surface area contributed by atoms with Crippen LogP contribution in [0, 0.1) is 0 Å². The molecule has 6 aromatic carbocycles. The van der Waals surface area contributed by atoms with E-state index in [9.17, 15) is 0 Å². The molecule has 0 radical (unpaired) electrons. The van der Waals surface area contributed by atoms with Crippen molar-refractivity contribution in [2.75, 3.05) is 4.90 Å². The van der Waals surface area contributed by atoms with Crippen molar-refractivity contribution in [2.45, 2.75) is 38.5 Å². The molecule has 0 spiro atoms. The van der Waals surface area contributed by atoms with E-state index in [1.807, 2.05) is 0 Å². The lowest BCUT2D eigenvalue weighted by Gasteiger charge is -2.30. The summed E-state index contributed by atoms with van der Waals surface area (Å²) in [6.07, 6.45) is 0. The van der Waals surface area contributed by atoms with Crippen LogP contribution in [0.5, 0.6) is 0 Å². The maximum Gasteiger partial charge on any atom is 0.0474 e. The molecule has 0 bridgehead atoms. The summed E-state index contributed by atoms with van der Waals surface area (Å²) in [7, 11) is 0. The van der Waals surface area contributed by atoms with Gasteiger partial charge in [0.15, 0.2) is 0 Å².